The minimum absolute atomic E-state index is 0.0713. The molecule has 0 radical (unpaired) electrons. The number of alkyl halides is 3. The summed E-state index contributed by atoms with van der Waals surface area (Å²) in [6.45, 7) is 0. The normalized spacial score (nSPS) is 15.8. The fourth-order valence-corrected chi connectivity index (χ4v) is 1.93. The smallest absolute Gasteiger partial charge is 0.399 e. The molecular weight excluding hydrogens is 277 g/mol. The van der Waals surface area contributed by atoms with Gasteiger partial charge in [0.05, 0.1) is 0 Å². The van der Waals surface area contributed by atoms with E-state index < -0.39 is 23.9 Å². The highest BCUT2D eigenvalue weighted by Crippen LogP contribution is 2.26. The van der Waals surface area contributed by atoms with Crippen LogP contribution in [-0.2, 0) is 16.0 Å². The van der Waals surface area contributed by atoms with E-state index in [0.29, 0.717) is 5.56 Å². The topological polar surface area (TPSA) is 80.5 Å². The van der Waals surface area contributed by atoms with Crippen molar-refractivity contribution in [3.8, 4) is 0 Å². The number of benzene rings is 1. The van der Waals surface area contributed by atoms with Crippen molar-refractivity contribution in [2.45, 2.75) is 19.0 Å². The van der Waals surface area contributed by atoms with Crippen LogP contribution in [0.4, 0.5) is 18.9 Å². The van der Waals surface area contributed by atoms with Crippen molar-refractivity contribution in [3.05, 3.63) is 29.3 Å². The number of nitrogens with zero attached hydrogens (tertiary/aromatic N) is 1. The van der Waals surface area contributed by atoms with Crippen LogP contribution in [0.25, 0.3) is 0 Å². The molecule has 0 aromatic heterocycles. The molecule has 2 N–H and O–H groups in total. The second-order valence-corrected chi connectivity index (χ2v) is 4.25. The molecule has 5 nitrogen and oxygen atoms in total. The maximum absolute atomic E-state index is 12.4. The van der Waals surface area contributed by atoms with Gasteiger partial charge < -0.3 is 5.73 Å². The number of amides is 3. The van der Waals surface area contributed by atoms with Gasteiger partial charge in [0.2, 0.25) is 5.91 Å². The van der Waals surface area contributed by atoms with Gasteiger partial charge in [-0.25, -0.2) is 4.90 Å². The van der Waals surface area contributed by atoms with Crippen LogP contribution in [0.5, 0.6) is 0 Å². The Morgan fingerprint density at radius 1 is 1.20 bits per heavy atom. The minimum atomic E-state index is -5.30. The molecule has 0 bridgehead atoms. The zero-order valence-electron chi connectivity index (χ0n) is 10.0. The number of nitrogen functional groups attached to an aromatic ring is 1. The Hall–Kier alpha value is -2.38. The monoisotopic (exact) mass is 286 g/mol. The van der Waals surface area contributed by atoms with E-state index in [9.17, 15) is 27.6 Å². The van der Waals surface area contributed by atoms with E-state index >= 15 is 0 Å². The van der Waals surface area contributed by atoms with Crippen molar-refractivity contribution in [2.24, 2.45) is 0 Å². The summed E-state index contributed by atoms with van der Waals surface area (Å²) in [6, 6.07) is 4.09. The molecule has 2 rings (SSSR count). The molecule has 1 aliphatic heterocycles. The molecule has 1 aliphatic rings. The van der Waals surface area contributed by atoms with Crippen LogP contribution in [0.3, 0.4) is 0 Å². The number of hydrogen-bond acceptors (Lipinski definition) is 4. The highest BCUT2D eigenvalue weighted by atomic mass is 19.4. The summed E-state index contributed by atoms with van der Waals surface area (Å²) in [5.74, 6) is -4.95. The van der Waals surface area contributed by atoms with Crippen molar-refractivity contribution in [1.82, 2.24) is 4.90 Å². The zero-order chi connectivity index (χ0) is 15.1. The first-order valence-electron chi connectivity index (χ1n) is 5.58. The Morgan fingerprint density at radius 2 is 1.85 bits per heavy atom. The Kier molecular flexibility index (Phi) is 3.24. The molecule has 0 atom stereocenters. The van der Waals surface area contributed by atoms with E-state index in [-0.39, 0.29) is 29.0 Å². The van der Waals surface area contributed by atoms with Gasteiger partial charge >= 0.3 is 12.1 Å². The highest BCUT2D eigenvalue weighted by molar-refractivity contribution is 6.18. The van der Waals surface area contributed by atoms with Crippen molar-refractivity contribution in [1.29, 1.82) is 0 Å². The van der Waals surface area contributed by atoms with Gasteiger partial charge in [-0.05, 0) is 24.1 Å². The molecule has 0 saturated heterocycles. The molecule has 1 aromatic rings. The van der Waals surface area contributed by atoms with E-state index in [1.165, 1.54) is 12.1 Å². The van der Waals surface area contributed by atoms with Crippen LogP contribution in [0.2, 0.25) is 0 Å². The van der Waals surface area contributed by atoms with Crippen LogP contribution in [0, 0.1) is 0 Å². The van der Waals surface area contributed by atoms with Crippen molar-refractivity contribution in [3.63, 3.8) is 0 Å². The third-order valence-electron chi connectivity index (χ3n) is 2.87. The number of anilines is 1. The summed E-state index contributed by atoms with van der Waals surface area (Å²) >= 11 is 0. The standard InChI is InChI=1S/C12H9F3N2O3/c13-12(14,15)11(20)17-9(18)4-2-6-1-3-7(16)5-8(6)10(17)19/h1,3,5H,2,4,16H2. The van der Waals surface area contributed by atoms with Gasteiger partial charge in [0.15, 0.2) is 0 Å². The number of carbonyl (C=O) groups excluding carboxylic acids is 3. The molecule has 0 saturated carbocycles. The molecule has 0 spiro atoms. The molecule has 0 fully saturated rings. The van der Waals surface area contributed by atoms with Crippen LogP contribution < -0.4 is 5.73 Å². The average Bonchev–Trinajstić information content (AvgIpc) is 2.46. The van der Waals surface area contributed by atoms with Crippen molar-refractivity contribution < 1.29 is 27.6 Å². The van der Waals surface area contributed by atoms with Crippen molar-refractivity contribution in [2.75, 3.05) is 5.73 Å². The molecule has 0 aliphatic carbocycles. The number of hydrogen-bond donors (Lipinski definition) is 1. The van der Waals surface area contributed by atoms with E-state index in [0.717, 1.165) is 6.07 Å². The van der Waals surface area contributed by atoms with Crippen LogP contribution in [0.1, 0.15) is 22.3 Å². The summed E-state index contributed by atoms with van der Waals surface area (Å²) in [5.41, 5.74) is 5.86. The highest BCUT2D eigenvalue weighted by Gasteiger charge is 2.48. The van der Waals surface area contributed by atoms with Crippen LogP contribution in [0.15, 0.2) is 18.2 Å². The van der Waals surface area contributed by atoms with Crippen LogP contribution >= 0.6 is 0 Å². The number of imide groups is 3. The summed E-state index contributed by atoms with van der Waals surface area (Å²) in [7, 11) is 0. The molecule has 3 amide bonds. The lowest BCUT2D eigenvalue weighted by atomic mass is 10.0. The van der Waals surface area contributed by atoms with E-state index in [1.54, 1.807) is 0 Å². The molecule has 8 heteroatoms. The fourth-order valence-electron chi connectivity index (χ4n) is 1.93. The predicted molar refractivity (Wildman–Crippen MR) is 61.4 cm³/mol. The summed E-state index contributed by atoms with van der Waals surface area (Å²) < 4.78 is 37.3. The number of halogens is 3. The number of carbonyl (C=O) groups is 3. The number of fused-ring (bicyclic) bond motifs is 1. The van der Waals surface area contributed by atoms with Gasteiger partial charge in [0.1, 0.15) is 0 Å². The van der Waals surface area contributed by atoms with Gasteiger partial charge in [0.25, 0.3) is 5.91 Å². The number of aryl methyl sites for hydroxylation is 1. The first kappa shape index (κ1) is 14.0. The molecule has 1 heterocycles. The van der Waals surface area contributed by atoms with E-state index in [1.807, 2.05) is 0 Å². The zero-order valence-corrected chi connectivity index (χ0v) is 10.0. The second kappa shape index (κ2) is 4.62. The van der Waals surface area contributed by atoms with Crippen LogP contribution in [-0.4, -0.2) is 28.8 Å². The first-order valence-corrected chi connectivity index (χ1v) is 5.58. The predicted octanol–water partition coefficient (Wildman–Crippen LogP) is 1.27. The summed E-state index contributed by atoms with van der Waals surface area (Å²) in [5, 5.41) is 0. The van der Waals surface area contributed by atoms with E-state index in [2.05, 4.69) is 0 Å². The second-order valence-electron chi connectivity index (χ2n) is 4.25. The van der Waals surface area contributed by atoms with Gasteiger partial charge in [0, 0.05) is 17.7 Å². The fraction of sp³-hybridized carbons (Fsp3) is 0.250. The molecule has 1 aromatic carbocycles. The average molecular weight is 286 g/mol. The molecular formula is C12H9F3N2O3. The third-order valence-corrected chi connectivity index (χ3v) is 2.87. The largest absolute Gasteiger partial charge is 0.472 e. The van der Waals surface area contributed by atoms with Gasteiger partial charge in [-0.3, -0.25) is 14.4 Å². The number of nitrogens with two attached hydrogens (primary N) is 1. The quantitative estimate of drug-likeness (QED) is 0.575. The van der Waals surface area contributed by atoms with Crippen molar-refractivity contribution >= 4 is 23.4 Å². The van der Waals surface area contributed by atoms with Gasteiger partial charge in [-0.1, -0.05) is 6.07 Å². The lowest BCUT2D eigenvalue weighted by molar-refractivity contribution is -0.184. The van der Waals surface area contributed by atoms with Gasteiger partial charge in [-0.2, -0.15) is 13.2 Å². The maximum atomic E-state index is 12.4. The molecule has 106 valence electrons. The first-order chi connectivity index (χ1) is 9.21. The summed E-state index contributed by atoms with van der Waals surface area (Å²) in [4.78, 5) is 34.5. The van der Waals surface area contributed by atoms with Gasteiger partial charge in [-0.15, -0.1) is 0 Å². The third kappa shape index (κ3) is 2.36. The van der Waals surface area contributed by atoms with E-state index in [4.69, 9.17) is 5.73 Å². The Labute approximate surface area is 111 Å². The lowest BCUT2D eigenvalue weighted by Gasteiger charge is -2.18. The Bertz CT molecular complexity index is 610. The maximum Gasteiger partial charge on any atom is 0.472 e. The lowest BCUT2D eigenvalue weighted by Crippen LogP contribution is -2.47. The molecule has 0 unspecified atom stereocenters. The SMILES string of the molecule is Nc1ccc2c(c1)C(=O)N(C(=O)C(F)(F)F)C(=O)CC2. The Balaban J connectivity index is 2.51. The Morgan fingerprint density at radius 3 is 2.45 bits per heavy atom. The number of rotatable bonds is 0. The minimum Gasteiger partial charge on any atom is -0.399 e. The molecule has 20 heavy (non-hydrogen) atoms. The summed E-state index contributed by atoms with van der Waals surface area (Å²) in [6.07, 6.45) is -5.58.